The maximum atomic E-state index is 7.54. The number of benzene rings is 1. The van der Waals surface area contributed by atoms with Crippen LogP contribution in [0, 0.1) is 0 Å². The number of hydrogen-bond donors (Lipinski definition) is 2. The second kappa shape index (κ2) is 23.2. The topological polar surface area (TPSA) is 56.9 Å². The zero-order valence-corrected chi connectivity index (χ0v) is 25.6. The van der Waals surface area contributed by atoms with Gasteiger partial charge in [-0.1, -0.05) is 12.1 Å². The molecule has 0 unspecified atom stereocenters. The van der Waals surface area contributed by atoms with E-state index in [9.17, 15) is 0 Å². The van der Waals surface area contributed by atoms with E-state index >= 15 is 0 Å². The first-order chi connectivity index (χ1) is 14.6. The summed E-state index contributed by atoms with van der Waals surface area (Å²) in [5, 5.41) is 0. The van der Waals surface area contributed by atoms with Crippen LogP contribution in [0.1, 0.15) is 27.7 Å². The van der Waals surface area contributed by atoms with Crippen molar-refractivity contribution in [3.05, 3.63) is 29.7 Å². The molecule has 0 bridgehead atoms. The number of rotatable bonds is 9. The smallest absolute Gasteiger partial charge is 0.700 e. The molecule has 0 radical (unpaired) electrons. The summed E-state index contributed by atoms with van der Waals surface area (Å²) in [6, 6.07) is 5.11. The van der Waals surface area contributed by atoms with Crippen molar-refractivity contribution in [2.75, 3.05) is 55.9 Å². The van der Waals surface area contributed by atoms with Crippen molar-refractivity contribution >= 4 is 99.5 Å². The number of thiol groups is 2. The fraction of sp³-hybridized carbons (Fsp3) is 0.600. The van der Waals surface area contributed by atoms with Crippen molar-refractivity contribution < 1.29 is 25.9 Å². The number of nitrogens with zero attached hydrogens (tertiary/aromatic N) is 3. The van der Waals surface area contributed by atoms with E-state index in [-0.39, 0.29) is 28.2 Å². The van der Waals surface area contributed by atoms with Gasteiger partial charge in [0.15, 0.2) is 0 Å². The summed E-state index contributed by atoms with van der Waals surface area (Å²) in [5.74, 6) is 1.04. The van der Waals surface area contributed by atoms with Crippen molar-refractivity contribution in [1.82, 2.24) is 0 Å². The summed E-state index contributed by atoms with van der Waals surface area (Å²) in [6.45, 7) is 13.8. The predicted octanol–water partition coefficient (Wildman–Crippen LogP) is 5.01. The minimum absolute atomic E-state index is 0. The minimum Gasteiger partial charge on any atom is -0.700 e. The van der Waals surface area contributed by atoms with Crippen LogP contribution in [-0.2, 0) is 42.0 Å². The molecule has 0 fully saturated rings. The molecule has 0 heterocycles. The van der Waals surface area contributed by atoms with E-state index in [1.54, 1.807) is 12.1 Å². The van der Waals surface area contributed by atoms with Gasteiger partial charge >= 0.3 is 25.5 Å². The molecule has 0 aliphatic heterocycles. The Kier molecular flexibility index (Phi) is 26.8. The Morgan fingerprint density at radius 3 is 1.44 bits per heavy atom. The van der Waals surface area contributed by atoms with Gasteiger partial charge in [0.05, 0.1) is 25.3 Å². The van der Waals surface area contributed by atoms with Crippen LogP contribution in [0.2, 0.25) is 0 Å². The van der Waals surface area contributed by atoms with Crippen LogP contribution in [-0.4, -0.2) is 68.9 Å². The summed E-state index contributed by atoms with van der Waals surface area (Å²) >= 11 is 26.2. The average molecular weight is 608 g/mol. The average Bonchev–Trinajstić information content (AvgIpc) is 2.72. The van der Waals surface area contributed by atoms with E-state index in [1.807, 2.05) is 11.0 Å². The molecule has 1 aromatic carbocycles. The van der Waals surface area contributed by atoms with Crippen molar-refractivity contribution in [3.8, 4) is 0 Å². The molecule has 12 heteroatoms. The van der Waals surface area contributed by atoms with Crippen molar-refractivity contribution in [1.29, 1.82) is 0 Å². The fourth-order valence-corrected chi connectivity index (χ4v) is 3.96. The molecule has 1 rings (SSSR count). The number of alkyl halides is 2. The van der Waals surface area contributed by atoms with Crippen LogP contribution in [0.15, 0.2) is 18.2 Å². The molecule has 2 N–H and O–H groups in total. The van der Waals surface area contributed by atoms with E-state index in [2.05, 4.69) is 87.4 Å². The predicted molar refractivity (Wildman–Crippen MR) is 159 cm³/mol. The van der Waals surface area contributed by atoms with Crippen LogP contribution >= 0.6 is 48.5 Å². The second-order valence-corrected chi connectivity index (χ2v) is 9.48. The zero-order chi connectivity index (χ0) is 24.4. The molecular formula is C20H39Cl2CoN5S4+5. The maximum absolute atomic E-state index is 7.54. The number of hydrogen-bond acceptors (Lipinski definition) is 1. The Morgan fingerprint density at radius 1 is 0.844 bits per heavy atom. The third kappa shape index (κ3) is 17.0. The Morgan fingerprint density at radius 2 is 1.22 bits per heavy atom. The number of anilines is 1. The molecule has 0 spiro atoms. The van der Waals surface area contributed by atoms with Crippen LogP contribution in [0.3, 0.4) is 0 Å². The molecule has 0 aromatic heterocycles. The Bertz CT molecular complexity index is 642. The quantitative estimate of drug-likeness (QED) is 0.102. The summed E-state index contributed by atoms with van der Waals surface area (Å²) in [7, 11) is 0. The Labute approximate surface area is 237 Å². The maximum Gasteiger partial charge on any atom is 3.00 e. The minimum atomic E-state index is 0. The zero-order valence-electron chi connectivity index (χ0n) is 19.2. The van der Waals surface area contributed by atoms with Crippen LogP contribution in [0.25, 0.3) is 11.5 Å². The van der Waals surface area contributed by atoms with Gasteiger partial charge in [0.25, 0.3) is 0 Å². The van der Waals surface area contributed by atoms with E-state index in [0.717, 1.165) is 40.6 Å². The molecule has 0 saturated heterocycles. The third-order valence-electron chi connectivity index (χ3n) is 4.20. The third-order valence-corrected chi connectivity index (χ3v) is 5.74. The first kappa shape index (κ1) is 37.0. The van der Waals surface area contributed by atoms with E-state index in [0.29, 0.717) is 24.8 Å². The SMILES string of the molecule is CC[N+](CC)=C(S)[SH2+].CC[N+](CC)=C(S)[SH2+].[Co+3].[NH-]c1ccc(N(CCCl)CCCl)cc1[NH-]. The monoisotopic (exact) mass is 606 g/mol. The molecule has 1 aromatic rings. The summed E-state index contributed by atoms with van der Waals surface area (Å²) in [4.78, 5) is 2.01. The van der Waals surface area contributed by atoms with Crippen molar-refractivity contribution in [2.24, 2.45) is 0 Å². The van der Waals surface area contributed by atoms with Gasteiger partial charge in [-0.3, -0.25) is 0 Å². The summed E-state index contributed by atoms with van der Waals surface area (Å²) < 4.78 is 6.05. The van der Waals surface area contributed by atoms with Crippen LogP contribution in [0.5, 0.6) is 0 Å². The van der Waals surface area contributed by atoms with Gasteiger partial charge in [-0.2, -0.15) is 20.5 Å². The van der Waals surface area contributed by atoms with Crippen molar-refractivity contribution in [2.45, 2.75) is 27.7 Å². The molecule has 5 nitrogen and oxygen atoms in total. The van der Waals surface area contributed by atoms with Gasteiger partial charge in [0.2, 0.25) is 0 Å². The first-order valence-electron chi connectivity index (χ1n) is 10.1. The van der Waals surface area contributed by atoms with Gasteiger partial charge in [0, 0.05) is 30.5 Å². The normalized spacial score (nSPS) is 9.31. The number of nitrogens with one attached hydrogen (secondary N) is 2. The molecule has 0 saturated carbocycles. The van der Waals surface area contributed by atoms with E-state index in [4.69, 9.17) is 34.7 Å². The molecule has 186 valence electrons. The van der Waals surface area contributed by atoms with Gasteiger partial charge in [-0.25, -0.2) is 0 Å². The molecule has 0 aliphatic carbocycles. The van der Waals surface area contributed by atoms with Crippen LogP contribution < -0.4 is 4.90 Å². The van der Waals surface area contributed by atoms with Gasteiger partial charge in [-0.05, 0) is 59.0 Å². The fourth-order valence-electron chi connectivity index (χ4n) is 2.35. The van der Waals surface area contributed by atoms with Crippen molar-refractivity contribution in [3.63, 3.8) is 0 Å². The molecular weight excluding hydrogens is 568 g/mol. The van der Waals surface area contributed by atoms with Gasteiger partial charge < -0.3 is 16.4 Å². The van der Waals surface area contributed by atoms with Crippen LogP contribution in [0.4, 0.5) is 17.1 Å². The largest absolute Gasteiger partial charge is 3.00 e. The summed E-state index contributed by atoms with van der Waals surface area (Å²) in [6.07, 6.45) is 0. The molecule has 0 amide bonds. The second-order valence-electron chi connectivity index (χ2n) is 6.09. The number of halogens is 2. The molecule has 0 aliphatic rings. The molecule has 32 heavy (non-hydrogen) atoms. The standard InChI is InChI=1S/C10H13Cl2N3.2C5H11NS2.Co/c11-3-5-15(6-4-12)8-1-2-9(13)10(14)7-8;2*1-3-6(4-2)5(7)8;/h1-2,7,13-14H,3-6H2;2*3-4H2,1-2H3,(H,7,8);/q-2;;;+3/p+4. The van der Waals surface area contributed by atoms with Gasteiger partial charge in [0.1, 0.15) is 26.2 Å². The Balaban J connectivity index is -0.000000425. The summed E-state index contributed by atoms with van der Waals surface area (Å²) in [5.41, 5.74) is 16.3. The molecule has 0 atom stereocenters. The van der Waals surface area contributed by atoms with E-state index in [1.165, 1.54) is 0 Å². The van der Waals surface area contributed by atoms with Gasteiger partial charge in [-0.15, -0.1) is 23.2 Å². The Hall–Kier alpha value is 0.446. The first-order valence-corrected chi connectivity index (χ1v) is 13.1. The van der Waals surface area contributed by atoms with E-state index < -0.39 is 0 Å².